The Morgan fingerprint density at radius 1 is 1.10 bits per heavy atom. The van der Waals surface area contributed by atoms with Gasteiger partial charge in [-0.1, -0.05) is 54.6 Å². The number of hydrogen-bond acceptors (Lipinski definition) is 7. The van der Waals surface area contributed by atoms with Gasteiger partial charge in [-0.05, 0) is 67.4 Å². The molecule has 1 spiro atoms. The molecule has 1 N–H and O–H groups in total. The molecule has 3 aliphatic heterocycles. The van der Waals surface area contributed by atoms with Crippen LogP contribution in [0, 0.1) is 5.92 Å². The average molecular weight is 698 g/mol. The van der Waals surface area contributed by atoms with E-state index in [4.69, 9.17) is 9.47 Å². The first-order chi connectivity index (χ1) is 24.0. The van der Waals surface area contributed by atoms with Gasteiger partial charge in [-0.2, -0.15) is 0 Å². The minimum absolute atomic E-state index is 0.102. The Labute approximate surface area is 293 Å². The molecule has 3 aliphatic rings. The highest BCUT2D eigenvalue weighted by Gasteiger charge is 2.66. The Hall–Kier alpha value is -4.39. The molecule has 5 atom stereocenters. The number of methoxy groups -OCH3 is 1. The molecule has 2 saturated heterocycles. The molecule has 262 valence electrons. The molecule has 7 rings (SSSR count). The second kappa shape index (κ2) is 13.4. The summed E-state index contributed by atoms with van der Waals surface area (Å²) < 4.78 is 30.7. The Morgan fingerprint density at radius 3 is 2.60 bits per heavy atom. The number of rotatable bonds is 11. The van der Waals surface area contributed by atoms with E-state index in [1.807, 2.05) is 85.9 Å². The number of aromatic nitrogens is 3. The zero-order valence-electron chi connectivity index (χ0n) is 29.0. The maximum absolute atomic E-state index is 16.4. The third kappa shape index (κ3) is 5.92. The number of benzene rings is 3. The number of fused-ring (bicyclic) bond motifs is 2. The number of anilines is 2. The van der Waals surface area contributed by atoms with Gasteiger partial charge in [0, 0.05) is 48.4 Å². The SMILES string of the molecule is COc1ccc2c(c1)[C@@]1(O[C@H](CCn3cc(C(CO)c4ccccc4)nn3)[C@@H]([Si](C)(C)F)[C@@H]1C)C(=O)N2Cc1cccc(N2CCCC2=O)c1. The van der Waals surface area contributed by atoms with Gasteiger partial charge in [0.15, 0.2) is 5.60 Å². The quantitative estimate of drug-likeness (QED) is 0.152. The van der Waals surface area contributed by atoms with E-state index in [9.17, 15) is 14.7 Å². The van der Waals surface area contributed by atoms with Crippen molar-refractivity contribution in [2.24, 2.45) is 5.92 Å². The van der Waals surface area contributed by atoms with Crippen LogP contribution >= 0.6 is 0 Å². The third-order valence-electron chi connectivity index (χ3n) is 10.7. The van der Waals surface area contributed by atoms with Gasteiger partial charge in [0.1, 0.15) is 5.75 Å². The Morgan fingerprint density at radius 2 is 1.90 bits per heavy atom. The van der Waals surface area contributed by atoms with Crippen molar-refractivity contribution >= 4 is 31.6 Å². The lowest BCUT2D eigenvalue weighted by molar-refractivity contribution is -0.146. The molecule has 2 amide bonds. The van der Waals surface area contributed by atoms with E-state index in [-0.39, 0.29) is 30.9 Å². The molecule has 4 aromatic rings. The van der Waals surface area contributed by atoms with E-state index in [1.165, 1.54) is 0 Å². The average Bonchev–Trinajstić information content (AvgIpc) is 3.87. The minimum Gasteiger partial charge on any atom is -0.497 e. The maximum Gasteiger partial charge on any atom is 0.264 e. The molecule has 1 aromatic heterocycles. The van der Waals surface area contributed by atoms with Crippen molar-refractivity contribution in [3.05, 3.63) is 101 Å². The summed E-state index contributed by atoms with van der Waals surface area (Å²) in [6, 6.07) is 23.0. The van der Waals surface area contributed by atoms with Crippen molar-refractivity contribution in [2.45, 2.75) is 75.5 Å². The number of carbonyl (C=O) groups excluding carboxylic acids is 2. The van der Waals surface area contributed by atoms with E-state index in [0.717, 1.165) is 23.2 Å². The van der Waals surface area contributed by atoms with Crippen LogP contribution in [-0.4, -0.2) is 66.7 Å². The van der Waals surface area contributed by atoms with Gasteiger partial charge in [0.2, 0.25) is 14.3 Å². The Kier molecular flexibility index (Phi) is 9.12. The molecular formula is C38H44FN5O5Si. The zero-order chi connectivity index (χ0) is 35.2. The summed E-state index contributed by atoms with van der Waals surface area (Å²) >= 11 is 0. The van der Waals surface area contributed by atoms with Crippen LogP contribution in [0.2, 0.25) is 18.6 Å². The Bertz CT molecular complexity index is 1880. The van der Waals surface area contributed by atoms with Crippen LogP contribution in [0.3, 0.4) is 0 Å². The normalized spacial score (nSPS) is 24.0. The standard InChI is InChI=1S/C38H44FN5O5Si/c1-25-36(50(3,4)39)34(17-19-42-23-32(40-41-42)30(24-45)27-11-6-5-7-12-27)49-38(25)31-21-29(48-2)15-16-33(31)44(37(38)47)22-26-10-8-13-28(20-26)43-18-9-14-35(43)46/h5-8,10-13,15-16,20-21,23,25,30,34,36,45H,9,14,17-19,22,24H2,1-4H3/t25-,30?,34+,36-,38+/m0/s1. The first-order valence-corrected chi connectivity index (χ1v) is 20.3. The predicted molar refractivity (Wildman–Crippen MR) is 190 cm³/mol. The van der Waals surface area contributed by atoms with Crippen LogP contribution in [0.5, 0.6) is 5.75 Å². The van der Waals surface area contributed by atoms with E-state index in [0.29, 0.717) is 48.6 Å². The van der Waals surface area contributed by atoms with Gasteiger partial charge in [0.05, 0.1) is 43.7 Å². The molecule has 0 bridgehead atoms. The lowest BCUT2D eigenvalue weighted by atomic mass is 9.82. The molecule has 50 heavy (non-hydrogen) atoms. The van der Waals surface area contributed by atoms with Crippen molar-refractivity contribution in [2.75, 3.05) is 30.1 Å². The van der Waals surface area contributed by atoms with Crippen molar-refractivity contribution in [3.63, 3.8) is 0 Å². The number of amides is 2. The summed E-state index contributed by atoms with van der Waals surface area (Å²) in [5.41, 5.74) is 2.80. The van der Waals surface area contributed by atoms with Crippen molar-refractivity contribution in [1.82, 2.24) is 15.0 Å². The molecule has 2 fully saturated rings. The summed E-state index contributed by atoms with van der Waals surface area (Å²) in [5.74, 6) is -0.305. The first kappa shape index (κ1) is 34.1. The van der Waals surface area contributed by atoms with Crippen LogP contribution in [0.15, 0.2) is 79.0 Å². The molecule has 0 aliphatic carbocycles. The van der Waals surface area contributed by atoms with E-state index < -0.39 is 31.6 Å². The monoisotopic (exact) mass is 697 g/mol. The fourth-order valence-corrected chi connectivity index (χ4v) is 10.9. The van der Waals surface area contributed by atoms with Crippen LogP contribution in [0.4, 0.5) is 15.5 Å². The third-order valence-corrected chi connectivity index (χ3v) is 13.2. The number of aliphatic hydroxyl groups is 1. The fourth-order valence-electron chi connectivity index (χ4n) is 8.40. The predicted octanol–water partition coefficient (Wildman–Crippen LogP) is 5.95. The van der Waals surface area contributed by atoms with Crippen molar-refractivity contribution < 1.29 is 28.3 Å². The summed E-state index contributed by atoms with van der Waals surface area (Å²) in [6.45, 7) is 6.57. The van der Waals surface area contributed by atoms with Crippen molar-refractivity contribution in [1.29, 1.82) is 0 Å². The smallest absolute Gasteiger partial charge is 0.264 e. The van der Waals surface area contributed by atoms with Crippen LogP contribution < -0.4 is 14.5 Å². The van der Waals surface area contributed by atoms with E-state index in [1.54, 1.807) is 34.7 Å². The largest absolute Gasteiger partial charge is 0.497 e. The zero-order valence-corrected chi connectivity index (χ0v) is 30.0. The van der Waals surface area contributed by atoms with Gasteiger partial charge < -0.3 is 28.5 Å². The lowest BCUT2D eigenvalue weighted by Gasteiger charge is -2.31. The number of ether oxygens (including phenoxy) is 2. The molecule has 0 saturated carbocycles. The minimum atomic E-state index is -3.39. The summed E-state index contributed by atoms with van der Waals surface area (Å²) in [4.78, 5) is 30.9. The van der Waals surface area contributed by atoms with Crippen LogP contribution in [0.25, 0.3) is 0 Å². The van der Waals surface area contributed by atoms with Gasteiger partial charge >= 0.3 is 0 Å². The summed E-state index contributed by atoms with van der Waals surface area (Å²) in [7, 11) is -1.80. The summed E-state index contributed by atoms with van der Waals surface area (Å²) in [5, 5.41) is 18.9. The number of aryl methyl sites for hydroxylation is 1. The molecule has 0 radical (unpaired) electrons. The molecule has 4 heterocycles. The van der Waals surface area contributed by atoms with E-state index >= 15 is 4.11 Å². The second-order valence-corrected chi connectivity index (χ2v) is 18.0. The number of halogens is 1. The number of nitrogens with zero attached hydrogens (tertiary/aromatic N) is 5. The highest BCUT2D eigenvalue weighted by molar-refractivity contribution is 6.72. The van der Waals surface area contributed by atoms with Crippen LogP contribution in [0.1, 0.15) is 54.5 Å². The van der Waals surface area contributed by atoms with Gasteiger partial charge in [-0.25, -0.2) is 0 Å². The number of aliphatic hydroxyl groups excluding tert-OH is 1. The first-order valence-electron chi connectivity index (χ1n) is 17.4. The van der Waals surface area contributed by atoms with Gasteiger partial charge in [-0.3, -0.25) is 14.3 Å². The lowest BCUT2D eigenvalue weighted by Crippen LogP contribution is -2.45. The van der Waals surface area contributed by atoms with Crippen LogP contribution in [-0.2, 0) is 33.0 Å². The topological polar surface area (TPSA) is 110 Å². The highest BCUT2D eigenvalue weighted by atomic mass is 28.4. The molecule has 3 aromatic carbocycles. The van der Waals surface area contributed by atoms with Gasteiger partial charge in [0.25, 0.3) is 5.91 Å². The molecule has 1 unspecified atom stereocenters. The van der Waals surface area contributed by atoms with E-state index in [2.05, 4.69) is 10.3 Å². The molecule has 12 heteroatoms. The fraction of sp³-hybridized carbons (Fsp3) is 0.421. The highest BCUT2D eigenvalue weighted by Crippen LogP contribution is 2.60. The molecular weight excluding hydrogens is 654 g/mol. The number of carbonyl (C=O) groups is 2. The van der Waals surface area contributed by atoms with Gasteiger partial charge in [-0.15, -0.1) is 5.10 Å². The number of hydrogen-bond donors (Lipinski definition) is 1. The second-order valence-electron chi connectivity index (χ2n) is 14.2. The summed E-state index contributed by atoms with van der Waals surface area (Å²) in [6.07, 6.45) is 3.05. The maximum atomic E-state index is 16.4. The van der Waals surface area contributed by atoms with Crippen molar-refractivity contribution in [3.8, 4) is 5.75 Å². The molecule has 10 nitrogen and oxygen atoms in total. The Balaban J connectivity index is 1.18.